The van der Waals surface area contributed by atoms with Crippen LogP contribution in [0.25, 0.3) is 0 Å². The fourth-order valence-corrected chi connectivity index (χ4v) is 8.96. The second-order valence-corrected chi connectivity index (χ2v) is 19.0. The van der Waals surface area contributed by atoms with E-state index in [1.807, 2.05) is 0 Å². The molecule has 3 fully saturated rings. The van der Waals surface area contributed by atoms with E-state index in [0.717, 1.165) is 9.80 Å². The Hall–Kier alpha value is -4.05. The van der Waals surface area contributed by atoms with Crippen molar-refractivity contribution >= 4 is 34.8 Å². The van der Waals surface area contributed by atoms with Gasteiger partial charge in [0.05, 0.1) is 5.48 Å². The van der Waals surface area contributed by atoms with Crippen LogP contribution >= 0.6 is 34.8 Å². The molecule has 6 atom stereocenters. The van der Waals surface area contributed by atoms with Crippen LogP contribution in [0.1, 0.15) is 147 Å². The molecule has 384 valence electrons. The summed E-state index contributed by atoms with van der Waals surface area (Å²) < 4.78 is 232. The summed E-state index contributed by atoms with van der Waals surface area (Å²) in [4.78, 5) is 3.39. The largest absolute Gasteiger partial charge is 0.366 e. The molecule has 6 nitrogen and oxygen atoms in total. The van der Waals surface area contributed by atoms with Gasteiger partial charge in [-0.3, -0.25) is 0 Å². The van der Waals surface area contributed by atoms with Crippen molar-refractivity contribution in [2.75, 3.05) is 60.3 Å². The van der Waals surface area contributed by atoms with Crippen molar-refractivity contribution in [2.24, 2.45) is 0 Å². The molecule has 3 aliphatic heterocycles. The molecule has 3 aliphatic rings. The first-order valence-electron chi connectivity index (χ1n) is 36.9. The number of halogens is 3. The van der Waals surface area contributed by atoms with Gasteiger partial charge >= 0.3 is 0 Å². The Morgan fingerprint density at radius 1 is 0.431 bits per heavy atom. The SMILES string of the molecule is [2H]C([2H])(CO[C@@](c1ccccc1)(c1ccc(Cl)cc1)C([2H])([2H])[2H])[C@H]1CCCN1C([2H])([2H])[2H].[2H]C([2H])(C[C@H]1CCCN1C([2H])([2H])[2H])O[C@@](c1ccccc1)(c1ccc(Cl)cc1)C([2H])([2H])[2H].[2H]C([2H])([2H])N1CCC[C@@H]1C([2H])([2H])C([2H])([2H])O[C@@](c1ccccc1)(c1ccc(Cl)cc1)C([2H])([2H])[2H]. The van der Waals surface area contributed by atoms with E-state index in [0.29, 0.717) is 64.8 Å². The molecular formula is C63H78Cl3N3O3. The van der Waals surface area contributed by atoms with Crippen molar-refractivity contribution < 1.29 is 49.9 Å². The lowest BCUT2D eigenvalue weighted by molar-refractivity contribution is -0.0119. The van der Waals surface area contributed by atoms with E-state index in [1.54, 1.807) is 103 Å². The number of hydrogen-bond donors (Lipinski definition) is 0. The summed E-state index contributed by atoms with van der Waals surface area (Å²) in [5.41, 5.74) is -5.18. The molecule has 0 N–H and O–H groups in total. The third-order valence-electron chi connectivity index (χ3n) is 12.8. The van der Waals surface area contributed by atoms with Gasteiger partial charge in [0.25, 0.3) is 0 Å². The normalized spacial score (nSPS) is 28.1. The van der Waals surface area contributed by atoms with Crippen LogP contribution in [0, 0.1) is 0 Å². The van der Waals surface area contributed by atoms with Gasteiger partial charge in [-0.05, 0) is 189 Å². The molecule has 0 radical (unpaired) electrons. The average Bonchev–Trinajstić information content (AvgIpc) is 0.792. The predicted molar refractivity (Wildman–Crippen MR) is 302 cm³/mol. The summed E-state index contributed by atoms with van der Waals surface area (Å²) in [6.07, 6.45) is -2.78. The Morgan fingerprint density at radius 2 is 0.764 bits per heavy atom. The van der Waals surface area contributed by atoms with Crippen LogP contribution in [0.4, 0.5) is 0 Å². The predicted octanol–water partition coefficient (Wildman–Crippen LogP) is 15.3. The maximum atomic E-state index is 8.65. The average molecular weight is 1060 g/mol. The molecule has 0 aliphatic carbocycles. The molecule has 0 aromatic heterocycles. The summed E-state index contributed by atoms with van der Waals surface area (Å²) in [5.74, 6) is 0. The highest BCUT2D eigenvalue weighted by Crippen LogP contribution is 2.38. The van der Waals surface area contributed by atoms with E-state index in [2.05, 4.69) is 0 Å². The topological polar surface area (TPSA) is 37.4 Å². The molecule has 0 amide bonds. The monoisotopic (exact) mass is 1060 g/mol. The highest BCUT2D eigenvalue weighted by Gasteiger charge is 2.34. The van der Waals surface area contributed by atoms with Crippen LogP contribution in [-0.4, -0.2) is 93.1 Å². The Kier molecular flexibility index (Phi) is 11.4. The fourth-order valence-electron chi connectivity index (χ4n) is 8.58. The van der Waals surface area contributed by atoms with Crippen molar-refractivity contribution in [3.05, 3.63) is 212 Å². The van der Waals surface area contributed by atoms with Crippen LogP contribution in [0.2, 0.25) is 15.1 Å². The van der Waals surface area contributed by atoms with Gasteiger partial charge in [0.1, 0.15) is 16.8 Å². The Labute approximate surface area is 484 Å². The zero-order chi connectivity index (χ0) is 73.2. The van der Waals surface area contributed by atoms with Gasteiger partial charge < -0.3 is 28.9 Å². The van der Waals surface area contributed by atoms with Gasteiger partial charge in [-0.15, -0.1) is 0 Å². The number of nitrogens with zero attached hydrogens (tertiary/aromatic N) is 3. The minimum atomic E-state index is -3.20. The van der Waals surface area contributed by atoms with Gasteiger partial charge in [-0.1, -0.05) is 162 Å². The van der Waals surface area contributed by atoms with Gasteiger partial charge in [0.2, 0.25) is 0 Å². The molecule has 0 spiro atoms. The molecule has 0 bridgehead atoms. The minimum Gasteiger partial charge on any atom is -0.366 e. The molecular weight excluding hydrogens is 953 g/mol. The molecule has 0 saturated carbocycles. The summed E-state index contributed by atoms with van der Waals surface area (Å²) >= 11 is 18.0. The maximum Gasteiger partial charge on any atom is 0.115 e. The quantitative estimate of drug-likeness (QED) is 0.0854. The number of hydrogen-bond acceptors (Lipinski definition) is 6. The van der Waals surface area contributed by atoms with E-state index < -0.39 is 109 Å². The fraction of sp³-hybridized carbons (Fsp3) is 0.429. The first-order chi connectivity index (χ1) is 45.1. The van der Waals surface area contributed by atoms with Crippen molar-refractivity contribution in [3.63, 3.8) is 0 Å². The van der Waals surface area contributed by atoms with Gasteiger partial charge in [0, 0.05) is 83.1 Å². The Balaban J connectivity index is 0.000000207. The van der Waals surface area contributed by atoms with Crippen molar-refractivity contribution in [3.8, 4) is 0 Å². The number of likely N-dealkylation sites (tertiary alicyclic amines) is 3. The molecule has 6 aromatic carbocycles. The first-order valence-corrected chi connectivity index (χ1v) is 25.0. The molecule has 3 heterocycles. The van der Waals surface area contributed by atoms with E-state index in [-0.39, 0.29) is 48.2 Å². The van der Waals surface area contributed by atoms with Crippen LogP contribution < -0.4 is 0 Å². The highest BCUT2D eigenvalue weighted by atomic mass is 35.5. The third-order valence-corrected chi connectivity index (χ3v) is 13.5. The van der Waals surface area contributed by atoms with Crippen LogP contribution in [0.5, 0.6) is 0 Å². The lowest BCUT2D eigenvalue weighted by Crippen LogP contribution is -2.31. The number of rotatable bonds is 18. The van der Waals surface area contributed by atoms with Crippen LogP contribution in [0.15, 0.2) is 164 Å². The minimum absolute atomic E-state index is 0.0573. The molecule has 72 heavy (non-hydrogen) atoms. The Bertz CT molecular complexity index is 3510. The van der Waals surface area contributed by atoms with E-state index in [1.165, 1.54) is 65.6 Å². The second-order valence-electron chi connectivity index (χ2n) is 17.6. The van der Waals surface area contributed by atoms with Gasteiger partial charge in [-0.25, -0.2) is 0 Å². The van der Waals surface area contributed by atoms with Gasteiger partial charge in [0.15, 0.2) is 0 Å². The van der Waals surface area contributed by atoms with Crippen molar-refractivity contribution in [1.82, 2.24) is 14.7 Å². The summed E-state index contributed by atoms with van der Waals surface area (Å²) in [5, 5.41) is 1.16. The van der Waals surface area contributed by atoms with Crippen molar-refractivity contribution in [1.29, 1.82) is 0 Å². The lowest BCUT2D eigenvalue weighted by atomic mass is 9.88. The molecule has 0 unspecified atom stereocenters. The first kappa shape index (κ1) is 30.5. The van der Waals surface area contributed by atoms with E-state index in [9.17, 15) is 0 Å². The van der Waals surface area contributed by atoms with Crippen LogP contribution in [0.3, 0.4) is 0 Å². The summed E-state index contributed by atoms with van der Waals surface area (Å²) in [6, 6.07) is 39.6. The summed E-state index contributed by atoms with van der Waals surface area (Å²) in [7, 11) is 0. The molecule has 6 aromatic rings. The number of benzene rings is 6. The smallest absolute Gasteiger partial charge is 0.115 e. The lowest BCUT2D eigenvalue weighted by Gasteiger charge is -2.32. The zero-order valence-electron chi connectivity index (χ0n) is 65.8. The maximum absolute atomic E-state index is 8.65. The number of ether oxygens (including phenoxy) is 3. The highest BCUT2D eigenvalue weighted by molar-refractivity contribution is 6.31. The molecule has 3 saturated heterocycles. The third kappa shape index (κ3) is 14.8. The van der Waals surface area contributed by atoms with Crippen molar-refractivity contribution in [2.45, 2.75) is 113 Å². The van der Waals surface area contributed by atoms with E-state index in [4.69, 9.17) is 84.7 Å². The van der Waals surface area contributed by atoms with E-state index >= 15 is 0 Å². The molecule has 9 heteroatoms. The second kappa shape index (κ2) is 26.9. The zero-order valence-corrected chi connectivity index (χ0v) is 42.1. The summed E-state index contributed by atoms with van der Waals surface area (Å²) in [6.45, 7) is -21.5. The standard InChI is InChI=1S/3C21H26ClNO/c3*1-21(17-7-4-3-5-8-17,18-10-12-19(22)13-11-18)24-16-14-20-9-6-15-23(20)2/h3*3-5,7-8,10-13,20H,6,9,14-16H2,1-2H3/t3*20-,21+/m111/s1/i1D3,2D3,14D2,16D2;1D3,2D3,16D2;1D3,2D3,14D2. The Morgan fingerprint density at radius 3 is 1.15 bits per heavy atom. The van der Waals surface area contributed by atoms with Gasteiger partial charge in [-0.2, -0.15) is 0 Å². The van der Waals surface area contributed by atoms with Crippen LogP contribution in [-0.2, 0) is 31.0 Å². The molecule has 9 rings (SSSR count).